The zero-order valence-corrected chi connectivity index (χ0v) is 10.3. The Labute approximate surface area is 104 Å². The number of fused-ring (bicyclic) bond motifs is 2. The number of carboxylic acid groups (broad SMARTS) is 1. The summed E-state index contributed by atoms with van der Waals surface area (Å²) in [6, 6.07) is 0.148. The lowest BCUT2D eigenvalue weighted by Gasteiger charge is -2.28. The van der Waals surface area contributed by atoms with Gasteiger partial charge in [0.2, 0.25) is 0 Å². The summed E-state index contributed by atoms with van der Waals surface area (Å²) < 4.78 is 0. The molecule has 0 saturated heterocycles. The first kappa shape index (κ1) is 11.2. The highest BCUT2D eigenvalue weighted by Gasteiger charge is 2.50. The van der Waals surface area contributed by atoms with Gasteiger partial charge in [0, 0.05) is 24.2 Å². The van der Waals surface area contributed by atoms with Gasteiger partial charge in [-0.25, -0.2) is 4.98 Å². The van der Waals surface area contributed by atoms with Crippen LogP contribution in [0.5, 0.6) is 0 Å². The third-order valence-corrected chi connectivity index (χ3v) is 4.95. The first-order valence-corrected chi connectivity index (χ1v) is 6.98. The Morgan fingerprint density at radius 1 is 1.53 bits per heavy atom. The molecule has 4 unspecified atom stereocenters. The SMILES string of the molecule is O=C(O)C1C2CCC(C2)C1NCc1nccs1. The van der Waals surface area contributed by atoms with Gasteiger partial charge >= 0.3 is 5.97 Å². The van der Waals surface area contributed by atoms with Crippen molar-refractivity contribution in [2.24, 2.45) is 17.8 Å². The molecular weight excluding hydrogens is 236 g/mol. The molecule has 0 amide bonds. The van der Waals surface area contributed by atoms with Gasteiger partial charge in [-0.3, -0.25) is 4.79 Å². The van der Waals surface area contributed by atoms with Crippen molar-refractivity contribution < 1.29 is 9.90 Å². The molecule has 4 atom stereocenters. The van der Waals surface area contributed by atoms with Crippen LogP contribution >= 0.6 is 11.3 Å². The van der Waals surface area contributed by atoms with Crippen LogP contribution in [0.1, 0.15) is 24.3 Å². The normalized spacial score (nSPS) is 35.3. The number of thiazole rings is 1. The molecule has 2 bridgehead atoms. The maximum atomic E-state index is 11.3. The average Bonchev–Trinajstić information content (AvgIpc) is 3.01. The van der Waals surface area contributed by atoms with Crippen molar-refractivity contribution in [1.29, 1.82) is 0 Å². The molecule has 2 fully saturated rings. The van der Waals surface area contributed by atoms with Gasteiger partial charge in [-0.2, -0.15) is 0 Å². The van der Waals surface area contributed by atoms with E-state index in [1.54, 1.807) is 17.5 Å². The van der Waals surface area contributed by atoms with Crippen LogP contribution in [0.25, 0.3) is 0 Å². The Hall–Kier alpha value is -0.940. The summed E-state index contributed by atoms with van der Waals surface area (Å²) >= 11 is 1.61. The number of aliphatic carboxylic acids is 1. The highest BCUT2D eigenvalue weighted by molar-refractivity contribution is 7.09. The van der Waals surface area contributed by atoms with Crippen LogP contribution in [0.15, 0.2) is 11.6 Å². The van der Waals surface area contributed by atoms with Gasteiger partial charge in [-0.05, 0) is 31.1 Å². The van der Waals surface area contributed by atoms with E-state index in [1.165, 1.54) is 6.42 Å². The van der Waals surface area contributed by atoms with E-state index in [9.17, 15) is 9.90 Å². The van der Waals surface area contributed by atoms with Gasteiger partial charge in [0.1, 0.15) is 5.01 Å². The molecule has 2 aliphatic rings. The highest BCUT2D eigenvalue weighted by Crippen LogP contribution is 2.48. The molecule has 92 valence electrons. The minimum atomic E-state index is -0.631. The number of nitrogens with zero attached hydrogens (tertiary/aromatic N) is 1. The van der Waals surface area contributed by atoms with E-state index >= 15 is 0 Å². The third-order valence-electron chi connectivity index (χ3n) is 4.17. The molecule has 4 nitrogen and oxygen atoms in total. The molecule has 1 heterocycles. The Balaban J connectivity index is 1.67. The number of carboxylic acids is 1. The number of hydrogen-bond acceptors (Lipinski definition) is 4. The molecule has 1 aromatic heterocycles. The maximum Gasteiger partial charge on any atom is 0.308 e. The van der Waals surface area contributed by atoms with Crippen molar-refractivity contribution in [1.82, 2.24) is 10.3 Å². The van der Waals surface area contributed by atoms with Gasteiger partial charge in [0.15, 0.2) is 0 Å². The van der Waals surface area contributed by atoms with E-state index in [0.29, 0.717) is 18.4 Å². The number of hydrogen-bond donors (Lipinski definition) is 2. The number of rotatable bonds is 4. The first-order chi connectivity index (χ1) is 8.25. The second-order valence-corrected chi connectivity index (χ2v) is 6.01. The third kappa shape index (κ3) is 1.98. The maximum absolute atomic E-state index is 11.3. The fraction of sp³-hybridized carbons (Fsp3) is 0.667. The molecule has 0 aromatic carbocycles. The van der Waals surface area contributed by atoms with Crippen LogP contribution in [0.4, 0.5) is 0 Å². The minimum Gasteiger partial charge on any atom is -0.481 e. The van der Waals surface area contributed by atoms with E-state index in [1.807, 2.05) is 5.38 Å². The molecule has 0 radical (unpaired) electrons. The second kappa shape index (κ2) is 4.38. The molecule has 2 N–H and O–H groups in total. The fourth-order valence-corrected chi connectivity index (χ4v) is 4.05. The van der Waals surface area contributed by atoms with Crippen molar-refractivity contribution in [3.8, 4) is 0 Å². The van der Waals surface area contributed by atoms with Crippen LogP contribution in [-0.2, 0) is 11.3 Å². The summed E-state index contributed by atoms with van der Waals surface area (Å²) in [4.78, 5) is 15.5. The number of aromatic nitrogens is 1. The summed E-state index contributed by atoms with van der Waals surface area (Å²) in [7, 11) is 0. The van der Waals surface area contributed by atoms with E-state index in [4.69, 9.17) is 0 Å². The summed E-state index contributed by atoms with van der Waals surface area (Å²) in [5.74, 6) is 0.134. The van der Waals surface area contributed by atoms with E-state index in [0.717, 1.165) is 17.8 Å². The van der Waals surface area contributed by atoms with E-state index in [-0.39, 0.29) is 12.0 Å². The van der Waals surface area contributed by atoms with Gasteiger partial charge in [-0.1, -0.05) is 0 Å². The summed E-state index contributed by atoms with van der Waals surface area (Å²) in [6.45, 7) is 0.704. The molecule has 5 heteroatoms. The van der Waals surface area contributed by atoms with Crippen LogP contribution < -0.4 is 5.32 Å². The summed E-state index contributed by atoms with van der Waals surface area (Å²) in [5.41, 5.74) is 0. The molecule has 0 aliphatic heterocycles. The van der Waals surface area contributed by atoms with Crippen LogP contribution in [0.2, 0.25) is 0 Å². The number of carbonyl (C=O) groups is 1. The van der Waals surface area contributed by atoms with E-state index < -0.39 is 5.97 Å². The summed E-state index contributed by atoms with van der Waals surface area (Å²) in [5, 5.41) is 15.7. The minimum absolute atomic E-state index is 0.148. The van der Waals surface area contributed by atoms with Crippen molar-refractivity contribution in [3.63, 3.8) is 0 Å². The molecule has 0 spiro atoms. The summed E-state index contributed by atoms with van der Waals surface area (Å²) in [6.07, 6.45) is 5.16. The van der Waals surface area contributed by atoms with Crippen LogP contribution in [-0.4, -0.2) is 22.1 Å². The van der Waals surface area contributed by atoms with Crippen LogP contribution in [0, 0.1) is 17.8 Å². The second-order valence-electron chi connectivity index (χ2n) is 5.03. The predicted octanol–water partition coefficient (Wildman–Crippen LogP) is 1.73. The fourth-order valence-electron chi connectivity index (χ4n) is 3.49. The van der Waals surface area contributed by atoms with Crippen LogP contribution in [0.3, 0.4) is 0 Å². The molecule has 1 aromatic rings. The zero-order valence-electron chi connectivity index (χ0n) is 9.50. The lowest BCUT2D eigenvalue weighted by Crippen LogP contribution is -2.43. The average molecular weight is 252 g/mol. The standard InChI is InChI=1S/C12H16N2O2S/c15-12(16)10-7-1-2-8(5-7)11(10)14-6-9-13-3-4-17-9/h3-4,7-8,10-11,14H,1-2,5-6H2,(H,15,16). The molecule has 2 aliphatic carbocycles. The molecule has 2 saturated carbocycles. The first-order valence-electron chi connectivity index (χ1n) is 6.10. The molecule has 3 rings (SSSR count). The van der Waals surface area contributed by atoms with Gasteiger partial charge in [0.05, 0.1) is 5.92 Å². The van der Waals surface area contributed by atoms with Crippen molar-refractivity contribution in [2.75, 3.05) is 0 Å². The topological polar surface area (TPSA) is 62.2 Å². The molecule has 17 heavy (non-hydrogen) atoms. The zero-order chi connectivity index (χ0) is 11.8. The molecular formula is C12H16N2O2S. The predicted molar refractivity (Wildman–Crippen MR) is 64.7 cm³/mol. The Morgan fingerprint density at radius 3 is 3.06 bits per heavy atom. The Kier molecular flexibility index (Phi) is 2.88. The van der Waals surface area contributed by atoms with Crippen molar-refractivity contribution in [3.05, 3.63) is 16.6 Å². The van der Waals surface area contributed by atoms with Gasteiger partial charge < -0.3 is 10.4 Å². The Bertz CT molecular complexity index is 407. The Morgan fingerprint density at radius 2 is 2.35 bits per heavy atom. The monoisotopic (exact) mass is 252 g/mol. The highest BCUT2D eigenvalue weighted by atomic mass is 32.1. The smallest absolute Gasteiger partial charge is 0.308 e. The van der Waals surface area contributed by atoms with Crippen molar-refractivity contribution >= 4 is 17.3 Å². The van der Waals surface area contributed by atoms with Gasteiger partial charge in [-0.15, -0.1) is 11.3 Å². The number of nitrogens with one attached hydrogen (secondary N) is 1. The largest absolute Gasteiger partial charge is 0.481 e. The van der Waals surface area contributed by atoms with E-state index in [2.05, 4.69) is 10.3 Å². The van der Waals surface area contributed by atoms with Crippen molar-refractivity contribution in [2.45, 2.75) is 31.8 Å². The van der Waals surface area contributed by atoms with Gasteiger partial charge in [0.25, 0.3) is 0 Å². The lowest BCUT2D eigenvalue weighted by molar-refractivity contribution is -0.144. The quantitative estimate of drug-likeness (QED) is 0.856. The lowest BCUT2D eigenvalue weighted by atomic mass is 9.84.